The molecule has 1 aliphatic rings. The Morgan fingerprint density at radius 3 is 2.26 bits per heavy atom. The van der Waals surface area contributed by atoms with Crippen LogP contribution in [0.15, 0.2) is 36.4 Å². The Hall–Kier alpha value is -5.14. The number of carbonyl (C=O) groups is 6. The minimum Gasteiger partial charge on any atom is -0.507 e. The third kappa shape index (κ3) is 10.7. The Kier molecular flexibility index (Phi) is 13.5. The monoisotopic (exact) mass is 653 g/mol. The summed E-state index contributed by atoms with van der Waals surface area (Å²) >= 11 is 0. The fourth-order valence-electron chi connectivity index (χ4n) is 5.19. The zero-order valence-electron chi connectivity index (χ0n) is 26.6. The van der Waals surface area contributed by atoms with Crippen LogP contribution in [0.2, 0.25) is 0 Å². The summed E-state index contributed by atoms with van der Waals surface area (Å²) < 4.78 is 0. The van der Waals surface area contributed by atoms with Crippen LogP contribution in [0.5, 0.6) is 11.5 Å². The number of fused-ring (bicyclic) bond motifs is 5. The van der Waals surface area contributed by atoms with E-state index in [4.69, 9.17) is 0 Å². The van der Waals surface area contributed by atoms with Crippen LogP contribution in [-0.4, -0.2) is 88.4 Å². The lowest BCUT2D eigenvalue weighted by Gasteiger charge is -2.28. The van der Waals surface area contributed by atoms with Gasteiger partial charge in [0.1, 0.15) is 23.6 Å². The molecule has 5 amide bonds. The van der Waals surface area contributed by atoms with E-state index < -0.39 is 54.8 Å². The Balaban J connectivity index is 1.75. The number of nitrogens with zero attached hydrogens (tertiary/aromatic N) is 1. The van der Waals surface area contributed by atoms with Crippen LogP contribution >= 0.6 is 0 Å². The van der Waals surface area contributed by atoms with Gasteiger partial charge in [-0.2, -0.15) is 0 Å². The van der Waals surface area contributed by atoms with Crippen LogP contribution in [0.4, 0.5) is 0 Å². The number of nitrogens with one attached hydrogen (secondary N) is 4. The van der Waals surface area contributed by atoms with Crippen molar-refractivity contribution in [2.75, 3.05) is 26.7 Å². The quantitative estimate of drug-likeness (QED) is 0.156. The average molecular weight is 654 g/mol. The van der Waals surface area contributed by atoms with Gasteiger partial charge in [0.15, 0.2) is 0 Å². The molecule has 2 aromatic carbocycles. The number of carboxylic acids is 1. The molecule has 0 spiro atoms. The van der Waals surface area contributed by atoms with Crippen LogP contribution < -0.4 is 21.3 Å². The molecule has 0 aliphatic carbocycles. The Morgan fingerprint density at radius 1 is 0.894 bits per heavy atom. The van der Waals surface area contributed by atoms with Gasteiger partial charge in [-0.05, 0) is 41.8 Å². The highest BCUT2D eigenvalue weighted by Gasteiger charge is 2.31. The Morgan fingerprint density at radius 2 is 1.55 bits per heavy atom. The first-order chi connectivity index (χ1) is 22.4. The van der Waals surface area contributed by atoms with Crippen molar-refractivity contribution < 1.29 is 44.1 Å². The largest absolute Gasteiger partial charge is 0.507 e. The molecular formula is C33H43N5O9. The van der Waals surface area contributed by atoms with Gasteiger partial charge in [-0.3, -0.25) is 24.0 Å². The van der Waals surface area contributed by atoms with Crippen molar-refractivity contribution in [1.82, 2.24) is 26.2 Å². The number of rotatable bonds is 13. The zero-order valence-corrected chi connectivity index (χ0v) is 26.6. The minimum atomic E-state index is -1.35. The van der Waals surface area contributed by atoms with E-state index in [2.05, 4.69) is 28.2 Å². The van der Waals surface area contributed by atoms with Crippen molar-refractivity contribution in [2.45, 2.75) is 70.4 Å². The highest BCUT2D eigenvalue weighted by atomic mass is 16.4. The fourth-order valence-corrected chi connectivity index (χ4v) is 5.19. The molecule has 1 aliphatic heterocycles. The van der Waals surface area contributed by atoms with Crippen molar-refractivity contribution in [1.29, 1.82) is 0 Å². The highest BCUT2D eigenvalue weighted by molar-refractivity contribution is 5.94. The number of hydrogen-bond acceptors (Lipinski definition) is 8. The van der Waals surface area contributed by atoms with E-state index in [1.165, 1.54) is 43.4 Å². The number of hydrogen-bond donors (Lipinski definition) is 7. The standard InChI is InChI=1S/C33H43N5O9/c1-3-4-5-6-7-8-27(41)34-14-13-28(42)35-19-30(44)38(2)31-21-10-12-26(40)23(17-21)22-15-20(9-11-25(22)39)16-24(33(46)47)37-29(43)18-36-32(31)45/h9-12,15,17,24,31,39-40H,3-8,13-14,16,18-19H2,1-2H3,(H,34,41)(H,35,42)(H,36,45)(H,37,43)(H,46,47). The number of carboxylic acid groups (broad SMARTS) is 1. The van der Waals surface area contributed by atoms with Gasteiger partial charge in [-0.25, -0.2) is 4.79 Å². The van der Waals surface area contributed by atoms with Crippen molar-refractivity contribution in [3.63, 3.8) is 0 Å². The maximum absolute atomic E-state index is 13.5. The number of unbranched alkanes of at least 4 members (excludes halogenated alkanes) is 4. The summed E-state index contributed by atoms with van der Waals surface area (Å²) in [5.41, 5.74) is 0.918. The number of likely N-dealkylation sites (N-methyl/N-ethyl adjacent to an activating group) is 1. The predicted octanol–water partition coefficient (Wildman–Crippen LogP) is 1.49. The lowest BCUT2D eigenvalue weighted by atomic mass is 9.94. The van der Waals surface area contributed by atoms with Gasteiger partial charge in [0, 0.05) is 44.0 Å². The third-order valence-corrected chi connectivity index (χ3v) is 7.83. The number of aliphatic carboxylic acids is 1. The molecular weight excluding hydrogens is 610 g/mol. The molecule has 0 saturated heterocycles. The van der Waals surface area contributed by atoms with E-state index in [0.29, 0.717) is 12.0 Å². The topological polar surface area (TPSA) is 214 Å². The van der Waals surface area contributed by atoms with Crippen molar-refractivity contribution in [3.05, 3.63) is 47.5 Å². The summed E-state index contributed by atoms with van der Waals surface area (Å²) in [5, 5.41) is 40.9. The lowest BCUT2D eigenvalue weighted by Crippen LogP contribution is -2.49. The summed E-state index contributed by atoms with van der Waals surface area (Å²) in [7, 11) is 1.33. The lowest BCUT2D eigenvalue weighted by molar-refractivity contribution is -0.142. The van der Waals surface area contributed by atoms with Crippen molar-refractivity contribution in [2.24, 2.45) is 0 Å². The average Bonchev–Trinajstić information content (AvgIpc) is 3.03. The molecule has 3 rings (SSSR count). The summed E-state index contributed by atoms with van der Waals surface area (Å²) in [6, 6.07) is 5.68. The van der Waals surface area contributed by atoms with E-state index in [0.717, 1.165) is 37.0 Å². The predicted molar refractivity (Wildman–Crippen MR) is 171 cm³/mol. The second-order valence-corrected chi connectivity index (χ2v) is 11.5. The SMILES string of the molecule is CCCCCCCC(=O)NCCC(=O)NCC(=O)N(C)C1C(=O)NCC(=O)NC(C(=O)O)Cc2ccc(O)c(c2)-c2cc1ccc2O. The molecule has 47 heavy (non-hydrogen) atoms. The van der Waals surface area contributed by atoms with Gasteiger partial charge in [0.2, 0.25) is 29.5 Å². The summed E-state index contributed by atoms with van der Waals surface area (Å²) in [6.45, 7) is 1.15. The van der Waals surface area contributed by atoms with Gasteiger partial charge in [-0.1, -0.05) is 44.7 Å². The molecule has 2 unspecified atom stereocenters. The molecule has 4 bridgehead atoms. The number of aromatic hydroxyl groups is 2. The van der Waals surface area contributed by atoms with Crippen LogP contribution in [0, 0.1) is 0 Å². The molecule has 0 radical (unpaired) electrons. The number of amides is 5. The molecule has 254 valence electrons. The number of phenolic OH excluding ortho intramolecular Hbond substituents is 2. The van der Waals surface area contributed by atoms with Gasteiger partial charge < -0.3 is 41.5 Å². The Labute approximate surface area is 272 Å². The van der Waals surface area contributed by atoms with Gasteiger partial charge in [-0.15, -0.1) is 0 Å². The van der Waals surface area contributed by atoms with E-state index in [9.17, 15) is 44.1 Å². The van der Waals surface area contributed by atoms with Crippen molar-refractivity contribution >= 4 is 35.5 Å². The second kappa shape index (κ2) is 17.5. The molecule has 0 aromatic heterocycles. The van der Waals surface area contributed by atoms with E-state index in [-0.39, 0.29) is 53.5 Å². The van der Waals surface area contributed by atoms with E-state index >= 15 is 0 Å². The van der Waals surface area contributed by atoms with Crippen LogP contribution in [0.1, 0.15) is 69.0 Å². The third-order valence-electron chi connectivity index (χ3n) is 7.83. The molecule has 14 nitrogen and oxygen atoms in total. The van der Waals surface area contributed by atoms with Gasteiger partial charge >= 0.3 is 5.97 Å². The maximum atomic E-state index is 13.5. The number of carbonyl (C=O) groups excluding carboxylic acids is 5. The van der Waals surface area contributed by atoms with Gasteiger partial charge in [0.25, 0.3) is 0 Å². The summed E-state index contributed by atoms with van der Waals surface area (Å²) in [5.74, 6) is -4.67. The number of phenols is 2. The molecule has 14 heteroatoms. The summed E-state index contributed by atoms with van der Waals surface area (Å²) in [4.78, 5) is 76.6. The first kappa shape index (κ1) is 36.3. The van der Waals surface area contributed by atoms with Crippen LogP contribution in [-0.2, 0) is 35.2 Å². The molecule has 1 heterocycles. The zero-order chi connectivity index (χ0) is 34.5. The Bertz CT molecular complexity index is 1480. The fraction of sp³-hybridized carbons (Fsp3) is 0.455. The van der Waals surface area contributed by atoms with E-state index in [1.54, 1.807) is 0 Å². The molecule has 2 aromatic rings. The number of benzene rings is 2. The van der Waals surface area contributed by atoms with Gasteiger partial charge in [0.05, 0.1) is 13.1 Å². The van der Waals surface area contributed by atoms with Crippen LogP contribution in [0.25, 0.3) is 11.1 Å². The highest BCUT2D eigenvalue weighted by Crippen LogP contribution is 2.38. The normalized spacial score (nSPS) is 16.2. The molecule has 7 N–H and O–H groups in total. The second-order valence-electron chi connectivity index (χ2n) is 11.5. The molecule has 0 fully saturated rings. The maximum Gasteiger partial charge on any atom is 0.326 e. The minimum absolute atomic E-state index is 0.0567. The molecule has 2 atom stereocenters. The first-order valence-corrected chi connectivity index (χ1v) is 15.6. The van der Waals surface area contributed by atoms with Crippen LogP contribution in [0.3, 0.4) is 0 Å². The van der Waals surface area contributed by atoms with Crippen molar-refractivity contribution in [3.8, 4) is 22.6 Å². The first-order valence-electron chi connectivity index (χ1n) is 15.6. The van der Waals surface area contributed by atoms with E-state index in [1.807, 2.05) is 0 Å². The summed E-state index contributed by atoms with van der Waals surface area (Å²) in [6.07, 6.45) is 5.24. The smallest absolute Gasteiger partial charge is 0.326 e. The molecule has 0 saturated carbocycles.